The predicted molar refractivity (Wildman–Crippen MR) is 52.1 cm³/mol. The van der Waals surface area contributed by atoms with Crippen LogP contribution in [0.2, 0.25) is 0 Å². The highest BCUT2D eigenvalue weighted by molar-refractivity contribution is 5.06. The summed E-state index contributed by atoms with van der Waals surface area (Å²) in [5.74, 6) is 0. The molecule has 0 aliphatic carbocycles. The molecule has 2 nitrogen and oxygen atoms in total. The Hall–Kier alpha value is -0.920. The zero-order valence-corrected chi connectivity index (χ0v) is 8.63. The molecule has 12 heavy (non-hydrogen) atoms. The van der Waals surface area contributed by atoms with E-state index in [4.69, 9.17) is 0 Å². The van der Waals surface area contributed by atoms with E-state index < -0.39 is 0 Å². The lowest BCUT2D eigenvalue weighted by atomic mass is 9.93. The Balaban J connectivity index is 0.000000561. The van der Waals surface area contributed by atoms with Gasteiger partial charge < -0.3 is 0 Å². The first-order valence-corrected chi connectivity index (χ1v) is 4.37. The van der Waals surface area contributed by atoms with Crippen molar-refractivity contribution in [3.63, 3.8) is 0 Å². The molecule has 1 heterocycles. The van der Waals surface area contributed by atoms with Crippen molar-refractivity contribution in [3.05, 3.63) is 24.3 Å². The van der Waals surface area contributed by atoms with Gasteiger partial charge >= 0.3 is 0 Å². The zero-order valence-electron chi connectivity index (χ0n) is 8.63. The van der Waals surface area contributed by atoms with E-state index in [0.717, 1.165) is 5.69 Å². The van der Waals surface area contributed by atoms with Crippen molar-refractivity contribution in [1.82, 2.24) is 9.97 Å². The third kappa shape index (κ3) is 3.46. The Bertz CT molecular complexity index is 199. The maximum atomic E-state index is 4.19. The van der Waals surface area contributed by atoms with Crippen molar-refractivity contribution < 1.29 is 0 Å². The molecule has 68 valence electrons. The van der Waals surface area contributed by atoms with Gasteiger partial charge in [-0.15, -0.1) is 0 Å². The summed E-state index contributed by atoms with van der Waals surface area (Å²) >= 11 is 0. The number of aromatic nitrogens is 2. The highest BCUT2D eigenvalue weighted by Gasteiger charge is 2.13. The second-order valence-electron chi connectivity index (χ2n) is 3.34. The quantitative estimate of drug-likeness (QED) is 0.592. The van der Waals surface area contributed by atoms with Crippen LogP contribution in [0.15, 0.2) is 18.6 Å². The Morgan fingerprint density at radius 2 is 1.67 bits per heavy atom. The van der Waals surface area contributed by atoms with Crippen LogP contribution in [0.3, 0.4) is 0 Å². The third-order valence-electron chi connectivity index (χ3n) is 1.33. The van der Waals surface area contributed by atoms with Crippen LogP contribution in [0, 0.1) is 0 Å². The highest BCUT2D eigenvalue weighted by atomic mass is 14.8. The molecular weight excluding hydrogens is 148 g/mol. The molecular formula is C10H18N2. The van der Waals surface area contributed by atoms with E-state index in [9.17, 15) is 0 Å². The van der Waals surface area contributed by atoms with Crippen LogP contribution in [-0.4, -0.2) is 9.97 Å². The maximum absolute atomic E-state index is 4.19. The largest absolute Gasteiger partial charge is 0.261 e. The molecule has 0 N–H and O–H groups in total. The van der Waals surface area contributed by atoms with E-state index in [1.54, 1.807) is 18.6 Å². The molecule has 2 heteroatoms. The van der Waals surface area contributed by atoms with Crippen molar-refractivity contribution in [2.75, 3.05) is 0 Å². The molecule has 0 spiro atoms. The Labute approximate surface area is 75.1 Å². The topological polar surface area (TPSA) is 25.8 Å². The minimum atomic E-state index is 0.119. The zero-order chi connectivity index (χ0) is 9.61. The van der Waals surface area contributed by atoms with E-state index in [2.05, 4.69) is 30.7 Å². The van der Waals surface area contributed by atoms with Gasteiger partial charge in [0, 0.05) is 24.0 Å². The van der Waals surface area contributed by atoms with Gasteiger partial charge in [-0.2, -0.15) is 0 Å². The minimum absolute atomic E-state index is 0.119. The summed E-state index contributed by atoms with van der Waals surface area (Å²) in [4.78, 5) is 8.18. The Morgan fingerprint density at radius 3 is 1.92 bits per heavy atom. The molecule has 0 saturated carbocycles. The monoisotopic (exact) mass is 166 g/mol. The van der Waals surface area contributed by atoms with Gasteiger partial charge in [-0.1, -0.05) is 34.6 Å². The Morgan fingerprint density at radius 1 is 1.08 bits per heavy atom. The summed E-state index contributed by atoms with van der Waals surface area (Å²) in [5.41, 5.74) is 1.16. The molecule has 0 unspecified atom stereocenters. The average Bonchev–Trinajstić information content (AvgIpc) is 2.08. The van der Waals surface area contributed by atoms with E-state index >= 15 is 0 Å². The van der Waals surface area contributed by atoms with Gasteiger partial charge in [0.05, 0.1) is 5.69 Å². The van der Waals surface area contributed by atoms with Crippen molar-refractivity contribution in [2.24, 2.45) is 0 Å². The van der Waals surface area contributed by atoms with Crippen molar-refractivity contribution in [1.29, 1.82) is 0 Å². The molecule has 0 saturated heterocycles. The molecule has 0 amide bonds. The molecule has 0 fully saturated rings. The van der Waals surface area contributed by atoms with Crippen molar-refractivity contribution in [2.45, 2.75) is 40.0 Å². The first-order chi connectivity index (χ1) is 5.61. The fourth-order valence-electron chi connectivity index (χ4n) is 0.686. The molecule has 0 atom stereocenters. The van der Waals surface area contributed by atoms with Gasteiger partial charge in [0.25, 0.3) is 0 Å². The lowest BCUT2D eigenvalue weighted by molar-refractivity contribution is 0.565. The van der Waals surface area contributed by atoms with Crippen LogP contribution < -0.4 is 0 Å². The fourth-order valence-corrected chi connectivity index (χ4v) is 0.686. The number of hydrogen-bond acceptors (Lipinski definition) is 2. The summed E-state index contributed by atoms with van der Waals surface area (Å²) in [7, 11) is 0. The van der Waals surface area contributed by atoms with Gasteiger partial charge in [0.1, 0.15) is 0 Å². The summed E-state index contributed by atoms with van der Waals surface area (Å²) in [5, 5.41) is 0. The van der Waals surface area contributed by atoms with Crippen LogP contribution in [0.4, 0.5) is 0 Å². The first kappa shape index (κ1) is 11.1. The molecule has 1 aromatic heterocycles. The SMILES string of the molecule is CC.CC(C)(C)c1cnccn1. The second kappa shape index (κ2) is 4.86. The predicted octanol–water partition coefficient (Wildman–Crippen LogP) is 2.80. The Kier molecular flexibility index (Phi) is 4.49. The van der Waals surface area contributed by atoms with Crippen LogP contribution >= 0.6 is 0 Å². The third-order valence-corrected chi connectivity index (χ3v) is 1.33. The average molecular weight is 166 g/mol. The fraction of sp³-hybridized carbons (Fsp3) is 0.600. The first-order valence-electron chi connectivity index (χ1n) is 4.37. The summed E-state index contributed by atoms with van der Waals surface area (Å²) in [6.45, 7) is 10.4. The summed E-state index contributed by atoms with van der Waals surface area (Å²) in [6, 6.07) is 0. The molecule has 1 rings (SSSR count). The number of hydrogen-bond donors (Lipinski definition) is 0. The minimum Gasteiger partial charge on any atom is -0.261 e. The molecule has 0 radical (unpaired) electrons. The van der Waals surface area contributed by atoms with E-state index in [1.807, 2.05) is 13.8 Å². The van der Waals surface area contributed by atoms with Gasteiger partial charge in [0.15, 0.2) is 0 Å². The van der Waals surface area contributed by atoms with Crippen LogP contribution in [0.5, 0.6) is 0 Å². The van der Waals surface area contributed by atoms with Crippen molar-refractivity contribution >= 4 is 0 Å². The van der Waals surface area contributed by atoms with E-state index in [0.29, 0.717) is 0 Å². The molecule has 0 aliphatic rings. The van der Waals surface area contributed by atoms with Gasteiger partial charge in [-0.3, -0.25) is 9.97 Å². The molecule has 1 aromatic rings. The smallest absolute Gasteiger partial charge is 0.0640 e. The molecule has 0 aromatic carbocycles. The lowest BCUT2D eigenvalue weighted by Crippen LogP contribution is -2.13. The molecule has 0 bridgehead atoms. The van der Waals surface area contributed by atoms with Gasteiger partial charge in [0.2, 0.25) is 0 Å². The van der Waals surface area contributed by atoms with Gasteiger partial charge in [-0.05, 0) is 0 Å². The summed E-state index contributed by atoms with van der Waals surface area (Å²) in [6.07, 6.45) is 5.22. The van der Waals surface area contributed by atoms with Crippen LogP contribution in [-0.2, 0) is 5.41 Å². The highest BCUT2D eigenvalue weighted by Crippen LogP contribution is 2.17. The lowest BCUT2D eigenvalue weighted by Gasteiger charge is -2.15. The molecule has 0 aliphatic heterocycles. The number of nitrogens with zero attached hydrogens (tertiary/aromatic N) is 2. The van der Waals surface area contributed by atoms with Crippen LogP contribution in [0.1, 0.15) is 40.3 Å². The maximum Gasteiger partial charge on any atom is 0.0640 e. The van der Waals surface area contributed by atoms with Crippen molar-refractivity contribution in [3.8, 4) is 0 Å². The summed E-state index contributed by atoms with van der Waals surface area (Å²) < 4.78 is 0. The number of rotatable bonds is 0. The second-order valence-corrected chi connectivity index (χ2v) is 3.34. The van der Waals surface area contributed by atoms with Crippen LogP contribution in [0.25, 0.3) is 0 Å². The standard InChI is InChI=1S/C8H12N2.C2H6/c1-8(2,3)7-6-9-4-5-10-7;1-2/h4-6H,1-3H3;1-2H3. The van der Waals surface area contributed by atoms with E-state index in [-0.39, 0.29) is 5.41 Å². The van der Waals surface area contributed by atoms with Gasteiger partial charge in [-0.25, -0.2) is 0 Å². The van der Waals surface area contributed by atoms with E-state index in [1.165, 1.54) is 0 Å². The normalized spacial score (nSPS) is 10.1.